The van der Waals surface area contributed by atoms with Crippen molar-refractivity contribution in [3.05, 3.63) is 33.8 Å². The van der Waals surface area contributed by atoms with E-state index < -0.39 is 11.7 Å². The molecule has 1 heterocycles. The summed E-state index contributed by atoms with van der Waals surface area (Å²) in [6.45, 7) is 0. The van der Waals surface area contributed by atoms with Gasteiger partial charge in [-0.15, -0.1) is 22.0 Å². The molecule has 0 atom stereocenters. The number of thioether (sulfide) groups is 1. The van der Waals surface area contributed by atoms with Crippen LogP contribution in [-0.4, -0.2) is 26.9 Å². The van der Waals surface area contributed by atoms with E-state index in [0.717, 1.165) is 6.07 Å². The van der Waals surface area contributed by atoms with Crippen LogP contribution in [0.1, 0.15) is 10.4 Å². The van der Waals surface area contributed by atoms with E-state index in [1.807, 2.05) is 0 Å². The van der Waals surface area contributed by atoms with Crippen molar-refractivity contribution in [1.82, 2.24) is 14.8 Å². The smallest absolute Gasteiger partial charge is 0.262 e. The average Bonchev–Trinajstić information content (AvgIpc) is 2.74. The van der Waals surface area contributed by atoms with Crippen LogP contribution in [0.5, 0.6) is 0 Å². The molecule has 2 rings (SSSR count). The minimum atomic E-state index is -0.794. The fraction of sp³-hybridized carbons (Fsp3) is 0.182. The van der Waals surface area contributed by atoms with Gasteiger partial charge < -0.3 is 4.57 Å². The number of halogens is 3. The third-order valence-electron chi connectivity index (χ3n) is 2.50. The molecule has 2 aromatic rings. The number of aryl methyl sites for hydroxylation is 1. The summed E-state index contributed by atoms with van der Waals surface area (Å²) in [6, 6.07) is 1.06. The van der Waals surface area contributed by atoms with Gasteiger partial charge in [0, 0.05) is 11.9 Å². The molecule has 0 aliphatic rings. The van der Waals surface area contributed by atoms with Gasteiger partial charge in [-0.25, -0.2) is 4.39 Å². The summed E-state index contributed by atoms with van der Waals surface area (Å²) in [6.07, 6.45) is 3.14. The zero-order valence-electron chi connectivity index (χ0n) is 10.4. The van der Waals surface area contributed by atoms with Crippen molar-refractivity contribution in [1.29, 1.82) is 0 Å². The van der Waals surface area contributed by atoms with E-state index in [1.54, 1.807) is 13.3 Å². The van der Waals surface area contributed by atoms with Gasteiger partial charge in [0.1, 0.15) is 12.1 Å². The van der Waals surface area contributed by atoms with Crippen molar-refractivity contribution >= 4 is 46.8 Å². The van der Waals surface area contributed by atoms with E-state index in [-0.39, 0.29) is 21.6 Å². The van der Waals surface area contributed by atoms with Crippen molar-refractivity contribution in [3.8, 4) is 0 Å². The van der Waals surface area contributed by atoms with Crippen LogP contribution in [0.2, 0.25) is 10.0 Å². The van der Waals surface area contributed by atoms with Crippen LogP contribution in [-0.2, 0) is 7.05 Å². The molecule has 0 bridgehead atoms. The fourth-order valence-corrected chi connectivity index (χ4v) is 3.04. The molecule has 0 aliphatic carbocycles. The van der Waals surface area contributed by atoms with Crippen LogP contribution in [0.3, 0.4) is 0 Å². The van der Waals surface area contributed by atoms with E-state index in [9.17, 15) is 9.18 Å². The van der Waals surface area contributed by atoms with Crippen LogP contribution in [0.15, 0.2) is 17.3 Å². The number of rotatable bonds is 3. The monoisotopic (exact) mass is 334 g/mol. The van der Waals surface area contributed by atoms with E-state index in [1.165, 1.54) is 22.7 Å². The molecule has 0 spiro atoms. The molecule has 9 heteroatoms. The van der Waals surface area contributed by atoms with Gasteiger partial charge in [0.25, 0.3) is 5.91 Å². The summed E-state index contributed by atoms with van der Waals surface area (Å²) in [4.78, 5) is 12.6. The van der Waals surface area contributed by atoms with Gasteiger partial charge in [0.2, 0.25) is 5.95 Å². The molecular weight excluding hydrogens is 326 g/mol. The molecule has 5 nitrogen and oxygen atoms in total. The maximum Gasteiger partial charge on any atom is 0.262 e. The normalized spacial score (nSPS) is 10.7. The summed E-state index contributed by atoms with van der Waals surface area (Å²) >= 11 is 13.2. The van der Waals surface area contributed by atoms with Crippen molar-refractivity contribution < 1.29 is 9.18 Å². The number of nitrogens with zero attached hydrogens (tertiary/aromatic N) is 3. The van der Waals surface area contributed by atoms with Crippen LogP contribution in [0.25, 0.3) is 0 Å². The number of benzene rings is 1. The standard InChI is InChI=1S/C11H9Cl2FN4OS/c1-18-4-15-17-11(18)16-10(19)7-6(14)3-5(12)9(20-2)8(7)13/h3-4H,1-2H3,(H,16,17,19). The minimum Gasteiger partial charge on any atom is -0.303 e. The Hall–Kier alpha value is -1.31. The highest BCUT2D eigenvalue weighted by Crippen LogP contribution is 2.36. The minimum absolute atomic E-state index is 0.0258. The van der Waals surface area contributed by atoms with Crippen LogP contribution < -0.4 is 5.32 Å². The zero-order valence-corrected chi connectivity index (χ0v) is 12.8. The zero-order chi connectivity index (χ0) is 14.9. The Morgan fingerprint density at radius 2 is 2.20 bits per heavy atom. The Labute approximate surface area is 128 Å². The fourth-order valence-electron chi connectivity index (χ4n) is 1.53. The second-order valence-electron chi connectivity index (χ2n) is 3.78. The van der Waals surface area contributed by atoms with E-state index >= 15 is 0 Å². The van der Waals surface area contributed by atoms with Gasteiger partial charge in [0.05, 0.1) is 15.6 Å². The molecule has 1 aromatic carbocycles. The molecule has 0 unspecified atom stereocenters. The third-order valence-corrected chi connectivity index (χ3v) is 4.23. The Balaban J connectivity index is 2.42. The molecule has 1 amide bonds. The number of amides is 1. The van der Waals surface area contributed by atoms with Crippen molar-refractivity contribution in [2.24, 2.45) is 7.05 Å². The second-order valence-corrected chi connectivity index (χ2v) is 5.38. The predicted octanol–water partition coefficient (Wildman–Crippen LogP) is 3.24. The van der Waals surface area contributed by atoms with Gasteiger partial charge in [-0.1, -0.05) is 23.2 Å². The highest BCUT2D eigenvalue weighted by Gasteiger charge is 2.22. The number of carbonyl (C=O) groups excluding carboxylic acids is 1. The highest BCUT2D eigenvalue weighted by molar-refractivity contribution is 7.98. The van der Waals surface area contributed by atoms with Crippen molar-refractivity contribution in [2.75, 3.05) is 11.6 Å². The van der Waals surface area contributed by atoms with Gasteiger partial charge in [-0.05, 0) is 12.3 Å². The summed E-state index contributed by atoms with van der Waals surface area (Å²) in [7, 11) is 1.64. The molecule has 0 saturated carbocycles. The lowest BCUT2D eigenvalue weighted by Crippen LogP contribution is -2.17. The maximum atomic E-state index is 13.9. The van der Waals surface area contributed by atoms with Gasteiger partial charge in [-0.2, -0.15) is 0 Å². The third kappa shape index (κ3) is 2.74. The first-order valence-corrected chi connectivity index (χ1v) is 7.30. The number of carbonyl (C=O) groups is 1. The number of anilines is 1. The molecule has 0 radical (unpaired) electrons. The lowest BCUT2D eigenvalue weighted by atomic mass is 10.2. The molecule has 1 N–H and O–H groups in total. The lowest BCUT2D eigenvalue weighted by molar-refractivity contribution is 0.102. The van der Waals surface area contributed by atoms with Crippen LogP contribution in [0, 0.1) is 5.82 Å². The topological polar surface area (TPSA) is 59.8 Å². The number of aromatic nitrogens is 3. The van der Waals surface area contributed by atoms with E-state index in [0.29, 0.717) is 4.90 Å². The first kappa shape index (κ1) is 15.1. The Kier molecular flexibility index (Phi) is 4.52. The first-order chi connectivity index (χ1) is 9.45. The highest BCUT2D eigenvalue weighted by atomic mass is 35.5. The van der Waals surface area contributed by atoms with Gasteiger partial charge in [-0.3, -0.25) is 10.1 Å². The van der Waals surface area contributed by atoms with Gasteiger partial charge >= 0.3 is 0 Å². The second kappa shape index (κ2) is 5.99. The number of hydrogen-bond acceptors (Lipinski definition) is 4. The summed E-state index contributed by atoms with van der Waals surface area (Å²) < 4.78 is 15.4. The molecule has 0 aliphatic heterocycles. The molecule has 20 heavy (non-hydrogen) atoms. The Bertz CT molecular complexity index is 677. The van der Waals surface area contributed by atoms with E-state index in [4.69, 9.17) is 23.2 Å². The lowest BCUT2D eigenvalue weighted by Gasteiger charge is -2.11. The average molecular weight is 335 g/mol. The predicted molar refractivity (Wildman–Crippen MR) is 77.2 cm³/mol. The Morgan fingerprint density at radius 1 is 1.50 bits per heavy atom. The maximum absolute atomic E-state index is 13.9. The summed E-state index contributed by atoms with van der Waals surface area (Å²) in [5, 5.41) is 9.86. The Morgan fingerprint density at radius 3 is 2.75 bits per heavy atom. The largest absolute Gasteiger partial charge is 0.303 e. The number of nitrogens with one attached hydrogen (secondary N) is 1. The van der Waals surface area contributed by atoms with E-state index in [2.05, 4.69) is 15.5 Å². The van der Waals surface area contributed by atoms with Gasteiger partial charge in [0.15, 0.2) is 0 Å². The molecule has 0 fully saturated rings. The van der Waals surface area contributed by atoms with Crippen molar-refractivity contribution in [3.63, 3.8) is 0 Å². The summed E-state index contributed by atoms with van der Waals surface area (Å²) in [5.41, 5.74) is -0.275. The summed E-state index contributed by atoms with van der Waals surface area (Å²) in [5.74, 6) is -1.32. The van der Waals surface area contributed by atoms with Crippen molar-refractivity contribution in [2.45, 2.75) is 4.90 Å². The molecule has 0 saturated heterocycles. The number of hydrogen-bond donors (Lipinski definition) is 1. The molecule has 106 valence electrons. The molecular formula is C11H9Cl2FN4OS. The SMILES string of the molecule is CSc1c(Cl)cc(F)c(C(=O)Nc2nncn2C)c1Cl. The molecule has 1 aromatic heterocycles. The first-order valence-electron chi connectivity index (χ1n) is 5.32. The van der Waals surface area contributed by atoms with Crippen LogP contribution in [0.4, 0.5) is 10.3 Å². The van der Waals surface area contributed by atoms with Crippen LogP contribution >= 0.6 is 35.0 Å². The quantitative estimate of drug-likeness (QED) is 0.875.